The quantitative estimate of drug-likeness (QED) is 0.734. The Balaban J connectivity index is 3.53. The van der Waals surface area contributed by atoms with Crippen LogP contribution in [0, 0.1) is 18.3 Å². The third kappa shape index (κ3) is 2.90. The molecule has 1 heteroatoms. The molecule has 0 saturated heterocycles. The van der Waals surface area contributed by atoms with Crippen molar-refractivity contribution in [2.45, 2.75) is 40.5 Å². The van der Waals surface area contributed by atoms with Gasteiger partial charge in [0.1, 0.15) is 0 Å². The van der Waals surface area contributed by atoms with Gasteiger partial charge in [-0.05, 0) is 55.0 Å². The highest BCUT2D eigenvalue weighted by Crippen LogP contribution is 2.25. The maximum Gasteiger partial charge on any atom is 0.0998 e. The minimum absolute atomic E-state index is 0.770. The van der Waals surface area contributed by atoms with Gasteiger partial charge in [0.05, 0.1) is 11.6 Å². The average Bonchev–Trinajstić information content (AvgIpc) is 2.38. The second-order valence-electron chi connectivity index (χ2n) is 4.31. The van der Waals surface area contributed by atoms with Crippen LogP contribution in [0.25, 0.3) is 12.2 Å². The van der Waals surface area contributed by atoms with Gasteiger partial charge in [-0.2, -0.15) is 5.26 Å². The maximum atomic E-state index is 9.30. The van der Waals surface area contributed by atoms with E-state index in [4.69, 9.17) is 0 Å². The van der Waals surface area contributed by atoms with Crippen molar-refractivity contribution in [2.75, 3.05) is 0 Å². The Hall–Kier alpha value is -1.81. The maximum absolute atomic E-state index is 9.30. The van der Waals surface area contributed by atoms with Crippen molar-refractivity contribution in [3.63, 3.8) is 0 Å². The highest BCUT2D eigenvalue weighted by molar-refractivity contribution is 5.69. The first-order chi connectivity index (χ1) is 8.69. The van der Waals surface area contributed by atoms with E-state index in [1.807, 2.05) is 25.1 Å². The lowest BCUT2D eigenvalue weighted by Gasteiger charge is -2.13. The topological polar surface area (TPSA) is 23.8 Å². The number of nitrogens with zero attached hydrogens (tertiary/aromatic N) is 1. The molecule has 0 aliphatic carbocycles. The fourth-order valence-corrected chi connectivity index (χ4v) is 2.20. The van der Waals surface area contributed by atoms with Crippen LogP contribution in [-0.2, 0) is 6.42 Å². The zero-order valence-electron chi connectivity index (χ0n) is 11.7. The fourth-order valence-electron chi connectivity index (χ4n) is 2.20. The van der Waals surface area contributed by atoms with Crippen LogP contribution in [0.1, 0.15) is 55.0 Å². The van der Waals surface area contributed by atoms with Crippen molar-refractivity contribution in [3.05, 3.63) is 46.0 Å². The summed E-state index contributed by atoms with van der Waals surface area (Å²) < 4.78 is 0. The van der Waals surface area contributed by atoms with E-state index in [0.29, 0.717) is 0 Å². The van der Waals surface area contributed by atoms with Gasteiger partial charge in [-0.15, -0.1) is 0 Å². The highest BCUT2D eigenvalue weighted by Gasteiger charge is 2.10. The largest absolute Gasteiger partial charge is 0.192 e. The molecule has 94 valence electrons. The van der Waals surface area contributed by atoms with E-state index in [1.165, 1.54) is 16.7 Å². The van der Waals surface area contributed by atoms with Crippen molar-refractivity contribution >= 4 is 12.2 Å². The standard InChI is InChI=1S/C17H21N/c1-5-8-10-14-11-15(12-18)17(9-6-2)16(7-3)13(14)4/h6,8-11H,5,7H2,1-4H3/b9-6-,10-8-. The highest BCUT2D eigenvalue weighted by atomic mass is 14.3. The molecule has 0 aliphatic heterocycles. The molecule has 0 amide bonds. The van der Waals surface area contributed by atoms with Crippen molar-refractivity contribution in [1.29, 1.82) is 5.26 Å². The summed E-state index contributed by atoms with van der Waals surface area (Å²) >= 11 is 0. The molecule has 1 aromatic carbocycles. The van der Waals surface area contributed by atoms with Crippen LogP contribution in [0.15, 0.2) is 18.2 Å². The number of nitriles is 1. The molecule has 0 unspecified atom stereocenters. The second-order valence-corrected chi connectivity index (χ2v) is 4.31. The molecule has 1 aromatic rings. The zero-order valence-corrected chi connectivity index (χ0v) is 11.7. The number of rotatable bonds is 4. The number of allylic oxidation sites excluding steroid dienone is 2. The Morgan fingerprint density at radius 3 is 2.50 bits per heavy atom. The Labute approximate surface area is 110 Å². The third-order valence-electron chi connectivity index (χ3n) is 3.14. The van der Waals surface area contributed by atoms with Gasteiger partial charge in [-0.25, -0.2) is 0 Å². The van der Waals surface area contributed by atoms with E-state index in [2.05, 4.69) is 39.0 Å². The molecule has 1 rings (SSSR count). The monoisotopic (exact) mass is 239 g/mol. The minimum atomic E-state index is 0.770. The number of hydrogen-bond acceptors (Lipinski definition) is 1. The first-order valence-electron chi connectivity index (χ1n) is 6.55. The second kappa shape index (κ2) is 6.81. The van der Waals surface area contributed by atoms with E-state index in [1.54, 1.807) is 0 Å². The molecule has 0 bridgehead atoms. The summed E-state index contributed by atoms with van der Waals surface area (Å²) in [6, 6.07) is 4.31. The van der Waals surface area contributed by atoms with E-state index in [-0.39, 0.29) is 0 Å². The van der Waals surface area contributed by atoms with Gasteiger partial charge < -0.3 is 0 Å². The van der Waals surface area contributed by atoms with Gasteiger partial charge in [0, 0.05) is 0 Å². The van der Waals surface area contributed by atoms with Gasteiger partial charge in [-0.3, -0.25) is 0 Å². The first kappa shape index (κ1) is 14.3. The molecule has 0 N–H and O–H groups in total. The average molecular weight is 239 g/mol. The zero-order chi connectivity index (χ0) is 13.5. The van der Waals surface area contributed by atoms with Crippen molar-refractivity contribution in [3.8, 4) is 6.07 Å². The summed E-state index contributed by atoms with van der Waals surface area (Å²) in [4.78, 5) is 0. The molecule has 0 heterocycles. The Bertz CT molecular complexity index is 513. The summed E-state index contributed by atoms with van der Waals surface area (Å²) in [6.45, 7) is 8.39. The number of hydrogen-bond donors (Lipinski definition) is 0. The lowest BCUT2D eigenvalue weighted by Crippen LogP contribution is -1.98. The van der Waals surface area contributed by atoms with Crippen molar-refractivity contribution in [1.82, 2.24) is 0 Å². The van der Waals surface area contributed by atoms with Crippen LogP contribution in [0.2, 0.25) is 0 Å². The van der Waals surface area contributed by atoms with E-state index >= 15 is 0 Å². The van der Waals surface area contributed by atoms with Gasteiger partial charge in [-0.1, -0.05) is 38.2 Å². The lowest BCUT2D eigenvalue weighted by atomic mass is 9.90. The Kier molecular flexibility index (Phi) is 5.39. The molecule has 0 aromatic heterocycles. The van der Waals surface area contributed by atoms with E-state index in [0.717, 1.165) is 24.0 Å². The smallest absolute Gasteiger partial charge is 0.0998 e. The summed E-state index contributed by atoms with van der Waals surface area (Å²) in [7, 11) is 0. The van der Waals surface area contributed by atoms with Gasteiger partial charge in [0.15, 0.2) is 0 Å². The molecule has 1 nitrogen and oxygen atoms in total. The summed E-state index contributed by atoms with van der Waals surface area (Å²) in [5, 5.41) is 9.30. The molecule has 0 spiro atoms. The summed E-state index contributed by atoms with van der Waals surface area (Å²) in [5.41, 5.74) is 5.58. The predicted molar refractivity (Wildman–Crippen MR) is 79.3 cm³/mol. The van der Waals surface area contributed by atoms with Crippen molar-refractivity contribution < 1.29 is 0 Å². The van der Waals surface area contributed by atoms with Crippen LogP contribution in [0.5, 0.6) is 0 Å². The van der Waals surface area contributed by atoms with Crippen LogP contribution in [0.4, 0.5) is 0 Å². The van der Waals surface area contributed by atoms with Crippen LogP contribution in [0.3, 0.4) is 0 Å². The van der Waals surface area contributed by atoms with E-state index in [9.17, 15) is 5.26 Å². The molecule has 0 fully saturated rings. The van der Waals surface area contributed by atoms with Gasteiger partial charge in [0.25, 0.3) is 0 Å². The van der Waals surface area contributed by atoms with Crippen LogP contribution < -0.4 is 0 Å². The minimum Gasteiger partial charge on any atom is -0.192 e. The SMILES string of the molecule is C/C=C\c1c(C#N)cc(/C=C\CC)c(C)c1CC. The third-order valence-corrected chi connectivity index (χ3v) is 3.14. The fraction of sp³-hybridized carbons (Fsp3) is 0.353. The predicted octanol–water partition coefficient (Wildman–Crippen LogP) is 4.89. The molecule has 0 atom stereocenters. The number of benzene rings is 1. The van der Waals surface area contributed by atoms with Gasteiger partial charge in [0.2, 0.25) is 0 Å². The molecule has 0 radical (unpaired) electrons. The van der Waals surface area contributed by atoms with Crippen LogP contribution >= 0.6 is 0 Å². The summed E-state index contributed by atoms with van der Waals surface area (Å²) in [6.07, 6.45) is 10.3. The van der Waals surface area contributed by atoms with Gasteiger partial charge >= 0.3 is 0 Å². The van der Waals surface area contributed by atoms with Crippen molar-refractivity contribution in [2.24, 2.45) is 0 Å². The van der Waals surface area contributed by atoms with Crippen LogP contribution in [-0.4, -0.2) is 0 Å². The molecule has 0 saturated carbocycles. The first-order valence-corrected chi connectivity index (χ1v) is 6.55. The molecular formula is C17H21N. The molecule has 18 heavy (non-hydrogen) atoms. The normalized spacial score (nSPS) is 11.3. The molecular weight excluding hydrogens is 218 g/mol. The lowest BCUT2D eigenvalue weighted by molar-refractivity contribution is 1.09. The Morgan fingerprint density at radius 2 is 2.00 bits per heavy atom. The Morgan fingerprint density at radius 1 is 1.28 bits per heavy atom. The van der Waals surface area contributed by atoms with E-state index < -0.39 is 0 Å². The molecule has 0 aliphatic rings. The summed E-state index contributed by atoms with van der Waals surface area (Å²) in [5.74, 6) is 0.